The summed E-state index contributed by atoms with van der Waals surface area (Å²) in [4.78, 5) is 16.1. The first kappa shape index (κ1) is 11.1. The van der Waals surface area contributed by atoms with Crippen molar-refractivity contribution in [1.82, 2.24) is 5.06 Å². The number of rotatable bonds is 5. The zero-order chi connectivity index (χ0) is 9.56. The summed E-state index contributed by atoms with van der Waals surface area (Å²) in [6.45, 7) is 3.87. The largest absolute Gasteiger partial charge is 0.330 e. The van der Waals surface area contributed by atoms with Gasteiger partial charge in [-0.15, -0.1) is 6.58 Å². The van der Waals surface area contributed by atoms with Gasteiger partial charge in [0.2, 0.25) is 0 Å². The predicted molar refractivity (Wildman–Crippen MR) is 47.1 cm³/mol. The molecular weight excluding hydrogens is 156 g/mol. The van der Waals surface area contributed by atoms with Crippen molar-refractivity contribution in [3.8, 4) is 0 Å². The van der Waals surface area contributed by atoms with Gasteiger partial charge in [-0.3, -0.25) is 9.63 Å². The van der Waals surface area contributed by atoms with Crippen molar-refractivity contribution in [2.24, 2.45) is 11.7 Å². The Kier molecular flexibility index (Phi) is 5.32. The fourth-order valence-corrected chi connectivity index (χ4v) is 0.846. The Morgan fingerprint density at radius 2 is 2.42 bits per heavy atom. The Labute approximate surface area is 72.9 Å². The molecule has 12 heavy (non-hydrogen) atoms. The van der Waals surface area contributed by atoms with Gasteiger partial charge >= 0.3 is 0 Å². The number of nitrogens with zero attached hydrogens (tertiary/aromatic N) is 1. The first-order valence-electron chi connectivity index (χ1n) is 3.80. The molecule has 0 rings (SSSR count). The molecule has 4 nitrogen and oxygen atoms in total. The van der Waals surface area contributed by atoms with E-state index in [9.17, 15) is 4.79 Å². The van der Waals surface area contributed by atoms with Crippen LogP contribution in [0, 0.1) is 5.92 Å². The normalized spacial score (nSPS) is 12.2. The maximum Gasteiger partial charge on any atom is 0.250 e. The van der Waals surface area contributed by atoms with E-state index in [2.05, 4.69) is 6.58 Å². The SMILES string of the molecule is C=CCC(CN)C(=O)N(C)OC. The minimum atomic E-state index is -0.215. The number of carbonyl (C=O) groups is 1. The Balaban J connectivity index is 4.10. The maximum atomic E-state index is 11.4. The minimum Gasteiger partial charge on any atom is -0.330 e. The van der Waals surface area contributed by atoms with Gasteiger partial charge in [-0.1, -0.05) is 6.08 Å². The maximum absolute atomic E-state index is 11.4. The summed E-state index contributed by atoms with van der Waals surface area (Å²) in [6.07, 6.45) is 2.27. The molecule has 2 N–H and O–H groups in total. The van der Waals surface area contributed by atoms with Gasteiger partial charge in [0, 0.05) is 13.6 Å². The molecule has 0 saturated carbocycles. The van der Waals surface area contributed by atoms with Gasteiger partial charge in [-0.05, 0) is 6.42 Å². The van der Waals surface area contributed by atoms with E-state index in [0.717, 1.165) is 0 Å². The highest BCUT2D eigenvalue weighted by Gasteiger charge is 2.18. The van der Waals surface area contributed by atoms with E-state index in [0.29, 0.717) is 13.0 Å². The molecule has 0 heterocycles. The lowest BCUT2D eigenvalue weighted by molar-refractivity contribution is -0.172. The predicted octanol–water partition coefficient (Wildman–Crippen LogP) is 0.157. The van der Waals surface area contributed by atoms with Gasteiger partial charge in [0.15, 0.2) is 0 Å². The van der Waals surface area contributed by atoms with Crippen LogP contribution in [0.5, 0.6) is 0 Å². The van der Waals surface area contributed by atoms with Gasteiger partial charge in [-0.25, -0.2) is 5.06 Å². The molecule has 0 aromatic carbocycles. The Morgan fingerprint density at radius 1 is 1.83 bits per heavy atom. The van der Waals surface area contributed by atoms with Crippen molar-refractivity contribution in [2.45, 2.75) is 6.42 Å². The van der Waals surface area contributed by atoms with Gasteiger partial charge in [0.25, 0.3) is 5.91 Å². The zero-order valence-corrected chi connectivity index (χ0v) is 7.62. The van der Waals surface area contributed by atoms with Gasteiger partial charge < -0.3 is 5.73 Å². The summed E-state index contributed by atoms with van der Waals surface area (Å²) < 4.78 is 0. The summed E-state index contributed by atoms with van der Waals surface area (Å²) in [7, 11) is 3.01. The summed E-state index contributed by atoms with van der Waals surface area (Å²) >= 11 is 0. The van der Waals surface area contributed by atoms with Gasteiger partial charge in [0.1, 0.15) is 0 Å². The molecule has 0 saturated heterocycles. The van der Waals surface area contributed by atoms with Crippen LogP contribution in [0.15, 0.2) is 12.7 Å². The number of amides is 1. The third kappa shape index (κ3) is 3.02. The van der Waals surface area contributed by atoms with Crippen molar-refractivity contribution in [2.75, 3.05) is 20.7 Å². The lowest BCUT2D eigenvalue weighted by Gasteiger charge is -2.19. The number of hydroxylamine groups is 2. The molecule has 1 atom stereocenters. The summed E-state index contributed by atoms with van der Waals surface area (Å²) in [5.41, 5.74) is 5.40. The third-order valence-corrected chi connectivity index (χ3v) is 1.67. The molecule has 0 aliphatic rings. The molecule has 0 radical (unpaired) electrons. The average molecular weight is 172 g/mol. The second kappa shape index (κ2) is 5.74. The fourth-order valence-electron chi connectivity index (χ4n) is 0.846. The standard InChI is InChI=1S/C8H16N2O2/c1-4-5-7(6-9)8(11)10(2)12-3/h4,7H,1,5-6,9H2,2-3H3. The van der Waals surface area contributed by atoms with Crippen LogP contribution in [-0.4, -0.2) is 31.7 Å². The highest BCUT2D eigenvalue weighted by atomic mass is 16.7. The molecule has 0 spiro atoms. The second-order valence-corrected chi connectivity index (χ2v) is 2.48. The highest BCUT2D eigenvalue weighted by molar-refractivity contribution is 5.77. The number of carbonyl (C=O) groups excluding carboxylic acids is 1. The quantitative estimate of drug-likeness (QED) is 0.474. The lowest BCUT2D eigenvalue weighted by atomic mass is 10.1. The molecule has 0 fully saturated rings. The molecule has 0 aromatic rings. The molecule has 70 valence electrons. The van der Waals surface area contributed by atoms with Gasteiger partial charge in [-0.2, -0.15) is 0 Å². The number of allylic oxidation sites excluding steroid dienone is 1. The molecule has 4 heteroatoms. The molecule has 0 bridgehead atoms. The van der Waals surface area contributed by atoms with Crippen LogP contribution >= 0.6 is 0 Å². The van der Waals surface area contributed by atoms with Crippen LogP contribution in [0.2, 0.25) is 0 Å². The van der Waals surface area contributed by atoms with Crippen LogP contribution in [0.3, 0.4) is 0 Å². The van der Waals surface area contributed by atoms with E-state index >= 15 is 0 Å². The average Bonchev–Trinajstić information content (AvgIpc) is 2.11. The highest BCUT2D eigenvalue weighted by Crippen LogP contribution is 2.05. The fraction of sp³-hybridized carbons (Fsp3) is 0.625. The first-order valence-corrected chi connectivity index (χ1v) is 3.80. The van der Waals surface area contributed by atoms with Crippen LogP contribution in [0.1, 0.15) is 6.42 Å². The smallest absolute Gasteiger partial charge is 0.250 e. The summed E-state index contributed by atoms with van der Waals surface area (Å²) in [6, 6.07) is 0. The van der Waals surface area contributed by atoms with E-state index < -0.39 is 0 Å². The van der Waals surface area contributed by atoms with Crippen molar-refractivity contribution in [1.29, 1.82) is 0 Å². The van der Waals surface area contributed by atoms with Crippen LogP contribution < -0.4 is 5.73 Å². The Bertz CT molecular complexity index is 159. The van der Waals surface area contributed by atoms with Crippen molar-refractivity contribution >= 4 is 5.91 Å². The second-order valence-electron chi connectivity index (χ2n) is 2.48. The van der Waals surface area contributed by atoms with E-state index in [1.165, 1.54) is 12.2 Å². The molecular formula is C8H16N2O2. The molecule has 1 amide bonds. The Morgan fingerprint density at radius 3 is 2.75 bits per heavy atom. The topological polar surface area (TPSA) is 55.6 Å². The number of hydrogen-bond donors (Lipinski definition) is 1. The van der Waals surface area contributed by atoms with E-state index in [4.69, 9.17) is 10.6 Å². The van der Waals surface area contributed by atoms with Crippen molar-refractivity contribution < 1.29 is 9.63 Å². The first-order chi connectivity index (χ1) is 5.67. The van der Waals surface area contributed by atoms with Crippen LogP contribution in [0.4, 0.5) is 0 Å². The van der Waals surface area contributed by atoms with Crippen LogP contribution in [-0.2, 0) is 9.63 Å². The van der Waals surface area contributed by atoms with E-state index in [-0.39, 0.29) is 11.8 Å². The Hall–Kier alpha value is -0.870. The molecule has 0 aliphatic carbocycles. The summed E-state index contributed by atoms with van der Waals surface area (Å²) in [5, 5.41) is 1.18. The van der Waals surface area contributed by atoms with E-state index in [1.807, 2.05) is 0 Å². The molecule has 0 aliphatic heterocycles. The number of hydrogen-bond acceptors (Lipinski definition) is 3. The van der Waals surface area contributed by atoms with E-state index in [1.54, 1.807) is 13.1 Å². The minimum absolute atomic E-state index is 0.111. The van der Waals surface area contributed by atoms with Crippen molar-refractivity contribution in [3.05, 3.63) is 12.7 Å². The molecule has 0 aromatic heterocycles. The monoisotopic (exact) mass is 172 g/mol. The van der Waals surface area contributed by atoms with Gasteiger partial charge in [0.05, 0.1) is 13.0 Å². The summed E-state index contributed by atoms with van der Waals surface area (Å²) in [5.74, 6) is -0.327. The third-order valence-electron chi connectivity index (χ3n) is 1.67. The van der Waals surface area contributed by atoms with Crippen LogP contribution in [0.25, 0.3) is 0 Å². The van der Waals surface area contributed by atoms with Crippen molar-refractivity contribution in [3.63, 3.8) is 0 Å². The zero-order valence-electron chi connectivity index (χ0n) is 7.62. The lowest BCUT2D eigenvalue weighted by Crippen LogP contribution is -2.35. The molecule has 1 unspecified atom stereocenters. The number of nitrogens with two attached hydrogens (primary N) is 1.